The van der Waals surface area contributed by atoms with Crippen LogP contribution in [0.15, 0.2) is 57.9 Å². The molecule has 2 aromatic heterocycles. The number of rotatable bonds is 5. The number of para-hydroxylation sites is 2. The van der Waals surface area contributed by atoms with Crippen LogP contribution in [0.1, 0.15) is 22.7 Å². The fourth-order valence-electron chi connectivity index (χ4n) is 4.21. The number of halogens is 1. The van der Waals surface area contributed by atoms with Crippen LogP contribution in [0, 0.1) is 13.8 Å². The molecule has 0 saturated carbocycles. The minimum Gasteiger partial charge on any atom is -0.494 e. The molecule has 0 atom stereocenters. The lowest BCUT2D eigenvalue weighted by atomic mass is 10.1. The Bertz CT molecular complexity index is 1440. The van der Waals surface area contributed by atoms with Gasteiger partial charge in [0.1, 0.15) is 22.0 Å². The number of sulfonamides is 1. The molecule has 170 valence electrons. The number of fused-ring (bicyclic) bond motifs is 1. The Morgan fingerprint density at radius 2 is 1.79 bits per heavy atom. The molecule has 0 aliphatic carbocycles. The van der Waals surface area contributed by atoms with E-state index < -0.39 is 10.0 Å². The highest BCUT2D eigenvalue weighted by molar-refractivity contribution is 7.89. The molecular formula is C23H21ClN4O4S. The zero-order valence-corrected chi connectivity index (χ0v) is 19.8. The van der Waals surface area contributed by atoms with Crippen molar-refractivity contribution >= 4 is 21.6 Å². The molecule has 0 radical (unpaired) electrons. The van der Waals surface area contributed by atoms with Gasteiger partial charge in [0, 0.05) is 22.7 Å². The molecule has 1 aliphatic heterocycles. The second-order valence-electron chi connectivity index (χ2n) is 7.79. The van der Waals surface area contributed by atoms with E-state index in [2.05, 4.69) is 5.16 Å². The zero-order chi connectivity index (χ0) is 23.3. The molecule has 33 heavy (non-hydrogen) atoms. The number of ether oxygens (including phenoxy) is 1. The first-order chi connectivity index (χ1) is 15.8. The van der Waals surface area contributed by atoms with E-state index in [1.807, 2.05) is 41.1 Å². The van der Waals surface area contributed by atoms with Crippen molar-refractivity contribution in [1.82, 2.24) is 19.2 Å². The number of benzene rings is 2. The quantitative estimate of drug-likeness (QED) is 0.414. The van der Waals surface area contributed by atoms with Crippen molar-refractivity contribution in [2.24, 2.45) is 0 Å². The molecule has 4 aromatic rings. The van der Waals surface area contributed by atoms with Crippen molar-refractivity contribution < 1.29 is 17.7 Å². The van der Waals surface area contributed by atoms with Gasteiger partial charge in [-0.3, -0.25) is 0 Å². The summed E-state index contributed by atoms with van der Waals surface area (Å²) < 4.78 is 40.7. The monoisotopic (exact) mass is 484 g/mol. The topological polar surface area (TPSA) is 90.5 Å². The van der Waals surface area contributed by atoms with Crippen LogP contribution in [0.25, 0.3) is 16.9 Å². The van der Waals surface area contributed by atoms with Crippen LogP contribution < -0.4 is 4.74 Å². The molecule has 0 unspecified atom stereocenters. The Morgan fingerprint density at radius 3 is 2.45 bits per heavy atom. The van der Waals surface area contributed by atoms with Gasteiger partial charge in [0.05, 0.1) is 25.0 Å². The van der Waals surface area contributed by atoms with E-state index in [0.717, 1.165) is 22.5 Å². The second kappa shape index (κ2) is 8.02. The Balaban J connectivity index is 1.65. The van der Waals surface area contributed by atoms with E-state index in [4.69, 9.17) is 26.0 Å². The van der Waals surface area contributed by atoms with Gasteiger partial charge in [-0.2, -0.15) is 9.40 Å². The lowest BCUT2D eigenvalue weighted by molar-refractivity contribution is 0.388. The number of methoxy groups -OCH3 is 1. The maximum atomic E-state index is 13.4. The Morgan fingerprint density at radius 1 is 1.06 bits per heavy atom. The van der Waals surface area contributed by atoms with Gasteiger partial charge in [-0.05, 0) is 38.1 Å². The average Bonchev–Trinajstić information content (AvgIpc) is 3.47. The molecule has 0 saturated heterocycles. The van der Waals surface area contributed by atoms with E-state index >= 15 is 0 Å². The van der Waals surface area contributed by atoms with Crippen LogP contribution in [0.2, 0.25) is 5.02 Å². The minimum atomic E-state index is -3.81. The van der Waals surface area contributed by atoms with Crippen LogP contribution in [-0.2, 0) is 23.1 Å². The highest BCUT2D eigenvalue weighted by Gasteiger charge is 2.38. The fourth-order valence-corrected chi connectivity index (χ4v) is 6.00. The molecule has 3 heterocycles. The molecule has 1 aliphatic rings. The number of aromatic nitrogens is 3. The normalized spacial score (nSPS) is 13.9. The lowest BCUT2D eigenvalue weighted by Gasteiger charge is -2.18. The van der Waals surface area contributed by atoms with Gasteiger partial charge in [0.25, 0.3) is 0 Å². The second-order valence-corrected chi connectivity index (χ2v) is 10.1. The summed E-state index contributed by atoms with van der Waals surface area (Å²) in [6.45, 7) is 3.54. The van der Waals surface area contributed by atoms with Gasteiger partial charge in [0.2, 0.25) is 10.0 Å². The van der Waals surface area contributed by atoms with Crippen molar-refractivity contribution in [3.05, 3.63) is 76.3 Å². The molecular weight excluding hydrogens is 464 g/mol. The highest BCUT2D eigenvalue weighted by Crippen LogP contribution is 2.39. The van der Waals surface area contributed by atoms with E-state index in [9.17, 15) is 8.42 Å². The Kier molecular flexibility index (Phi) is 5.27. The first-order valence-corrected chi connectivity index (χ1v) is 12.1. The van der Waals surface area contributed by atoms with Gasteiger partial charge >= 0.3 is 0 Å². The summed E-state index contributed by atoms with van der Waals surface area (Å²) >= 11 is 6.12. The van der Waals surface area contributed by atoms with Gasteiger partial charge in [-0.15, -0.1) is 0 Å². The fraction of sp³-hybridized carbons (Fsp3) is 0.217. The third-order valence-corrected chi connectivity index (χ3v) is 8.01. The maximum absolute atomic E-state index is 13.4. The van der Waals surface area contributed by atoms with Crippen molar-refractivity contribution in [1.29, 1.82) is 0 Å². The van der Waals surface area contributed by atoms with Gasteiger partial charge < -0.3 is 9.26 Å². The lowest BCUT2D eigenvalue weighted by Crippen LogP contribution is -2.27. The first kappa shape index (κ1) is 21.7. The minimum absolute atomic E-state index is 0.110. The third-order valence-electron chi connectivity index (χ3n) is 5.72. The van der Waals surface area contributed by atoms with Crippen LogP contribution in [0.5, 0.6) is 5.75 Å². The molecule has 10 heteroatoms. The van der Waals surface area contributed by atoms with Gasteiger partial charge in [-0.25, -0.2) is 13.1 Å². The SMILES string of the molecule is COc1ccccc1-n1nc2c(c1-c1ccc(Cl)cc1)CN(S(=O)(=O)c1c(C)noc1C)C2. The van der Waals surface area contributed by atoms with Gasteiger partial charge in [-0.1, -0.05) is 41.0 Å². The van der Waals surface area contributed by atoms with E-state index in [1.54, 1.807) is 33.1 Å². The van der Waals surface area contributed by atoms with Crippen LogP contribution in [-0.4, -0.2) is 34.8 Å². The molecule has 0 bridgehead atoms. The van der Waals surface area contributed by atoms with E-state index in [1.165, 1.54) is 4.31 Å². The largest absolute Gasteiger partial charge is 0.494 e. The Hall–Kier alpha value is -3.14. The summed E-state index contributed by atoms with van der Waals surface area (Å²) in [6, 6.07) is 15.0. The molecule has 5 rings (SSSR count). The number of nitrogens with zero attached hydrogens (tertiary/aromatic N) is 4. The molecule has 0 N–H and O–H groups in total. The summed E-state index contributed by atoms with van der Waals surface area (Å²) in [5.74, 6) is 0.933. The van der Waals surface area contributed by atoms with Crippen molar-refractivity contribution in [2.75, 3.05) is 7.11 Å². The molecule has 0 spiro atoms. The predicted octanol–water partition coefficient (Wildman–Crippen LogP) is 4.51. The number of hydrogen-bond acceptors (Lipinski definition) is 6. The maximum Gasteiger partial charge on any atom is 0.249 e. The molecule has 2 aromatic carbocycles. The van der Waals surface area contributed by atoms with Gasteiger partial charge in [0.15, 0.2) is 5.76 Å². The summed E-state index contributed by atoms with van der Waals surface area (Å²) in [5.41, 5.74) is 4.28. The summed E-state index contributed by atoms with van der Waals surface area (Å²) in [7, 11) is -2.20. The summed E-state index contributed by atoms with van der Waals surface area (Å²) in [5, 5.41) is 9.24. The molecule has 0 amide bonds. The number of aryl methyl sites for hydroxylation is 2. The smallest absolute Gasteiger partial charge is 0.249 e. The zero-order valence-electron chi connectivity index (χ0n) is 18.2. The van der Waals surface area contributed by atoms with Crippen molar-refractivity contribution in [3.8, 4) is 22.7 Å². The first-order valence-electron chi connectivity index (χ1n) is 10.2. The average molecular weight is 485 g/mol. The predicted molar refractivity (Wildman–Crippen MR) is 123 cm³/mol. The molecule has 8 nitrogen and oxygen atoms in total. The third kappa shape index (κ3) is 3.52. The standard InChI is InChI=1S/C23H21ClN4O4S/c1-14-23(15(2)32-26-14)33(29,30)27-12-18-19(13-27)25-28(20-6-4-5-7-21(20)31-3)22(18)16-8-10-17(24)11-9-16/h4-11H,12-13H2,1-3H3. The highest BCUT2D eigenvalue weighted by atomic mass is 35.5. The Labute approximate surface area is 196 Å². The van der Waals surface area contributed by atoms with Crippen molar-refractivity contribution in [3.63, 3.8) is 0 Å². The van der Waals surface area contributed by atoms with E-state index in [0.29, 0.717) is 22.2 Å². The summed E-state index contributed by atoms with van der Waals surface area (Å²) in [6.07, 6.45) is 0. The number of hydrogen-bond donors (Lipinski definition) is 0. The van der Waals surface area contributed by atoms with Crippen LogP contribution >= 0.6 is 11.6 Å². The molecule has 0 fully saturated rings. The van der Waals surface area contributed by atoms with Crippen LogP contribution in [0.3, 0.4) is 0 Å². The summed E-state index contributed by atoms with van der Waals surface area (Å²) in [4.78, 5) is 0.110. The van der Waals surface area contributed by atoms with Crippen molar-refractivity contribution in [2.45, 2.75) is 31.8 Å². The van der Waals surface area contributed by atoms with Crippen LogP contribution in [0.4, 0.5) is 0 Å². The van der Waals surface area contributed by atoms with E-state index in [-0.39, 0.29) is 23.7 Å².